The Morgan fingerprint density at radius 1 is 1.28 bits per heavy atom. The van der Waals surface area contributed by atoms with Crippen molar-refractivity contribution in [3.05, 3.63) is 23.3 Å². The maximum atomic E-state index is 13.5. The number of ether oxygens (including phenoxy) is 2. The SMILES string of the molecule is CC(F)(F)c1cc2c(cc1CON)OCCCO2. The van der Waals surface area contributed by atoms with E-state index in [-0.39, 0.29) is 12.2 Å². The van der Waals surface area contributed by atoms with E-state index in [0.717, 1.165) is 13.3 Å². The van der Waals surface area contributed by atoms with E-state index in [1.807, 2.05) is 0 Å². The Kier molecular flexibility index (Phi) is 3.68. The van der Waals surface area contributed by atoms with Gasteiger partial charge in [-0.1, -0.05) is 0 Å². The number of nitrogens with two attached hydrogens (primary N) is 1. The Bertz CT molecular complexity index is 432. The minimum absolute atomic E-state index is 0.102. The highest BCUT2D eigenvalue weighted by Crippen LogP contribution is 2.39. The van der Waals surface area contributed by atoms with Crippen LogP contribution in [-0.2, 0) is 17.4 Å². The maximum Gasteiger partial charge on any atom is 0.271 e. The van der Waals surface area contributed by atoms with Gasteiger partial charge in [-0.15, -0.1) is 0 Å². The molecule has 1 aliphatic rings. The van der Waals surface area contributed by atoms with Crippen molar-refractivity contribution in [2.45, 2.75) is 25.9 Å². The Hall–Kier alpha value is -1.40. The van der Waals surface area contributed by atoms with E-state index < -0.39 is 5.92 Å². The third-order valence-electron chi connectivity index (χ3n) is 2.69. The number of rotatable bonds is 3. The maximum absolute atomic E-state index is 13.5. The fourth-order valence-electron chi connectivity index (χ4n) is 1.87. The van der Waals surface area contributed by atoms with Gasteiger partial charge in [0.25, 0.3) is 5.92 Å². The van der Waals surface area contributed by atoms with Gasteiger partial charge in [-0.2, -0.15) is 0 Å². The first-order valence-electron chi connectivity index (χ1n) is 5.65. The number of hydrogen-bond donors (Lipinski definition) is 1. The van der Waals surface area contributed by atoms with E-state index in [4.69, 9.17) is 15.4 Å². The van der Waals surface area contributed by atoms with Crippen LogP contribution in [-0.4, -0.2) is 13.2 Å². The molecule has 4 nitrogen and oxygen atoms in total. The molecule has 18 heavy (non-hydrogen) atoms. The second kappa shape index (κ2) is 5.07. The lowest BCUT2D eigenvalue weighted by Gasteiger charge is -2.18. The van der Waals surface area contributed by atoms with Gasteiger partial charge in [0.2, 0.25) is 0 Å². The monoisotopic (exact) mass is 259 g/mol. The highest BCUT2D eigenvalue weighted by atomic mass is 19.3. The first-order valence-corrected chi connectivity index (χ1v) is 5.65. The summed E-state index contributed by atoms with van der Waals surface area (Å²) in [5, 5.41) is 0. The molecule has 0 saturated heterocycles. The Labute approximate surface area is 104 Å². The minimum atomic E-state index is -2.99. The summed E-state index contributed by atoms with van der Waals surface area (Å²) in [6.45, 7) is 1.67. The average Bonchev–Trinajstić information content (AvgIpc) is 2.51. The lowest BCUT2D eigenvalue weighted by atomic mass is 10.0. The van der Waals surface area contributed by atoms with Gasteiger partial charge in [0.1, 0.15) is 0 Å². The fraction of sp³-hybridized carbons (Fsp3) is 0.500. The predicted molar refractivity (Wildman–Crippen MR) is 60.6 cm³/mol. The van der Waals surface area contributed by atoms with Gasteiger partial charge >= 0.3 is 0 Å². The summed E-state index contributed by atoms with van der Waals surface area (Å²) >= 11 is 0. The zero-order valence-electron chi connectivity index (χ0n) is 10.0. The van der Waals surface area contributed by atoms with Gasteiger partial charge in [-0.3, -0.25) is 4.84 Å². The smallest absolute Gasteiger partial charge is 0.271 e. The van der Waals surface area contributed by atoms with Crippen molar-refractivity contribution in [2.24, 2.45) is 5.90 Å². The largest absolute Gasteiger partial charge is 0.490 e. The average molecular weight is 259 g/mol. The molecular formula is C12H15F2NO3. The molecule has 0 radical (unpaired) electrons. The molecule has 0 spiro atoms. The first-order chi connectivity index (χ1) is 8.52. The van der Waals surface area contributed by atoms with E-state index >= 15 is 0 Å². The van der Waals surface area contributed by atoms with Gasteiger partial charge in [0.15, 0.2) is 11.5 Å². The fourth-order valence-corrected chi connectivity index (χ4v) is 1.87. The summed E-state index contributed by atoms with van der Waals surface area (Å²) in [5.41, 5.74) is 0.145. The second-order valence-electron chi connectivity index (χ2n) is 4.21. The molecule has 0 bridgehead atoms. The quantitative estimate of drug-likeness (QED) is 0.846. The van der Waals surface area contributed by atoms with Crippen molar-refractivity contribution in [1.29, 1.82) is 0 Å². The zero-order chi connectivity index (χ0) is 13.2. The molecule has 0 aliphatic carbocycles. The van der Waals surface area contributed by atoms with Crippen LogP contribution in [0.3, 0.4) is 0 Å². The third-order valence-corrected chi connectivity index (χ3v) is 2.69. The van der Waals surface area contributed by atoms with Gasteiger partial charge in [0.05, 0.1) is 19.8 Å². The van der Waals surface area contributed by atoms with Gasteiger partial charge in [0, 0.05) is 18.9 Å². The zero-order valence-corrected chi connectivity index (χ0v) is 10.0. The van der Waals surface area contributed by atoms with Crippen molar-refractivity contribution in [3.8, 4) is 11.5 Å². The Morgan fingerprint density at radius 2 is 1.89 bits per heavy atom. The number of alkyl halides is 2. The molecule has 0 aromatic heterocycles. The van der Waals surface area contributed by atoms with E-state index in [1.54, 1.807) is 0 Å². The summed E-state index contributed by atoms with van der Waals surface area (Å²) in [4.78, 5) is 4.46. The topological polar surface area (TPSA) is 53.7 Å². The molecule has 6 heteroatoms. The molecule has 1 aromatic carbocycles. The Morgan fingerprint density at radius 3 is 2.44 bits per heavy atom. The Balaban J connectivity index is 2.47. The van der Waals surface area contributed by atoms with Crippen molar-refractivity contribution < 1.29 is 23.1 Å². The predicted octanol–water partition coefficient (Wildman–Crippen LogP) is 2.35. The van der Waals surface area contributed by atoms with Crippen molar-refractivity contribution in [2.75, 3.05) is 13.2 Å². The standard InChI is InChI=1S/C12H15F2NO3/c1-12(13,14)9-6-11-10(5-8(9)7-18-15)16-3-2-4-17-11/h5-6H,2-4,7,15H2,1H3. The van der Waals surface area contributed by atoms with E-state index in [2.05, 4.69) is 4.84 Å². The lowest BCUT2D eigenvalue weighted by Crippen LogP contribution is -2.13. The number of fused-ring (bicyclic) bond motifs is 1. The van der Waals surface area contributed by atoms with Crippen molar-refractivity contribution >= 4 is 0 Å². The molecule has 0 fully saturated rings. The molecule has 100 valence electrons. The van der Waals surface area contributed by atoms with Gasteiger partial charge < -0.3 is 9.47 Å². The van der Waals surface area contributed by atoms with Crippen LogP contribution in [0.2, 0.25) is 0 Å². The summed E-state index contributed by atoms with van der Waals surface area (Å²) in [5.74, 6) is 2.76. The van der Waals surface area contributed by atoms with Crippen LogP contribution in [0.4, 0.5) is 8.78 Å². The van der Waals surface area contributed by atoms with E-state index in [0.29, 0.717) is 30.3 Å². The lowest BCUT2D eigenvalue weighted by molar-refractivity contribution is 0.0135. The summed E-state index contributed by atoms with van der Waals surface area (Å²) in [7, 11) is 0. The van der Waals surface area contributed by atoms with Crippen LogP contribution in [0, 0.1) is 0 Å². The molecular weight excluding hydrogens is 244 g/mol. The van der Waals surface area contributed by atoms with Crippen molar-refractivity contribution in [3.63, 3.8) is 0 Å². The van der Waals surface area contributed by atoms with Crippen LogP contribution < -0.4 is 15.4 Å². The summed E-state index contributed by atoms with van der Waals surface area (Å²) < 4.78 is 37.9. The second-order valence-corrected chi connectivity index (χ2v) is 4.21. The van der Waals surface area contributed by atoms with E-state index in [9.17, 15) is 8.78 Å². The molecule has 2 N–H and O–H groups in total. The number of halogens is 2. The van der Waals surface area contributed by atoms with Crippen molar-refractivity contribution in [1.82, 2.24) is 0 Å². The summed E-state index contributed by atoms with van der Waals surface area (Å²) in [6, 6.07) is 2.80. The first kappa shape index (κ1) is 13.0. The molecule has 0 atom stereocenters. The molecule has 1 aliphatic heterocycles. The molecule has 2 rings (SSSR count). The molecule has 1 aromatic rings. The molecule has 1 heterocycles. The number of hydrogen-bond acceptors (Lipinski definition) is 4. The minimum Gasteiger partial charge on any atom is -0.490 e. The van der Waals surface area contributed by atoms with Gasteiger partial charge in [-0.25, -0.2) is 14.7 Å². The van der Waals surface area contributed by atoms with E-state index in [1.165, 1.54) is 12.1 Å². The van der Waals surface area contributed by atoms with Crippen LogP contribution in [0.25, 0.3) is 0 Å². The van der Waals surface area contributed by atoms with Crippen LogP contribution in [0.1, 0.15) is 24.5 Å². The highest BCUT2D eigenvalue weighted by Gasteiger charge is 2.30. The van der Waals surface area contributed by atoms with Crippen LogP contribution >= 0.6 is 0 Å². The van der Waals surface area contributed by atoms with Crippen LogP contribution in [0.5, 0.6) is 11.5 Å². The molecule has 0 amide bonds. The summed E-state index contributed by atoms with van der Waals surface area (Å²) in [6.07, 6.45) is 0.718. The normalized spacial score (nSPS) is 15.3. The number of benzene rings is 1. The third kappa shape index (κ3) is 2.70. The molecule has 0 saturated carbocycles. The molecule has 0 unspecified atom stereocenters. The highest BCUT2D eigenvalue weighted by molar-refractivity contribution is 5.49. The van der Waals surface area contributed by atoms with Gasteiger partial charge in [-0.05, 0) is 17.7 Å². The van der Waals surface area contributed by atoms with Crippen LogP contribution in [0.15, 0.2) is 12.1 Å².